The fourth-order valence-electron chi connectivity index (χ4n) is 0.995. The Morgan fingerprint density at radius 1 is 1.60 bits per heavy atom. The summed E-state index contributed by atoms with van der Waals surface area (Å²) >= 11 is 10.7. The van der Waals surface area contributed by atoms with Crippen molar-refractivity contribution >= 4 is 28.4 Å². The Kier molecular flexibility index (Phi) is 3.82. The molecule has 0 spiro atoms. The molecule has 0 unspecified atom stereocenters. The smallest absolute Gasteiger partial charge is 0.266 e. The van der Waals surface area contributed by atoms with Gasteiger partial charge < -0.3 is 4.74 Å². The number of aromatic nitrogens is 1. The Balaban J connectivity index is 3.44. The number of carbonyl (C=O) groups excluding carboxylic acids is 1. The maximum Gasteiger partial charge on any atom is 0.266 e. The summed E-state index contributed by atoms with van der Waals surface area (Å²) in [6.07, 6.45) is -2.02. The number of halogens is 4. The van der Waals surface area contributed by atoms with Gasteiger partial charge in [-0.15, -0.1) is 0 Å². The number of rotatable bonds is 3. The SMILES string of the molecule is COc1ncc(C(=O)Cl)c(C(F)F)c1Cl. The molecule has 0 atom stereocenters. The maximum atomic E-state index is 12.6. The van der Waals surface area contributed by atoms with Crippen molar-refractivity contribution in [1.29, 1.82) is 0 Å². The van der Waals surface area contributed by atoms with E-state index in [0.29, 0.717) is 0 Å². The van der Waals surface area contributed by atoms with Crippen molar-refractivity contribution in [2.24, 2.45) is 0 Å². The minimum absolute atomic E-state index is 0.173. The molecule has 0 fully saturated rings. The van der Waals surface area contributed by atoms with E-state index in [2.05, 4.69) is 9.72 Å². The average Bonchev–Trinajstić information content (AvgIpc) is 2.16. The molecule has 0 radical (unpaired) electrons. The minimum atomic E-state index is -2.92. The summed E-state index contributed by atoms with van der Waals surface area (Å²) in [4.78, 5) is 14.4. The van der Waals surface area contributed by atoms with E-state index in [-0.39, 0.29) is 5.88 Å². The van der Waals surface area contributed by atoms with Gasteiger partial charge in [0.1, 0.15) is 5.02 Å². The van der Waals surface area contributed by atoms with Crippen LogP contribution < -0.4 is 4.74 Å². The molecule has 0 aromatic carbocycles. The van der Waals surface area contributed by atoms with Crippen molar-refractivity contribution in [3.63, 3.8) is 0 Å². The highest BCUT2D eigenvalue weighted by Gasteiger charge is 2.24. The molecule has 1 aromatic rings. The molecule has 1 rings (SSSR count). The zero-order chi connectivity index (χ0) is 11.6. The molecule has 15 heavy (non-hydrogen) atoms. The number of pyridine rings is 1. The first-order valence-corrected chi connectivity index (χ1v) is 4.45. The molecule has 0 saturated heterocycles. The Morgan fingerprint density at radius 3 is 2.60 bits per heavy atom. The number of hydrogen-bond acceptors (Lipinski definition) is 3. The van der Waals surface area contributed by atoms with Crippen LogP contribution in [0.2, 0.25) is 5.02 Å². The second kappa shape index (κ2) is 4.72. The van der Waals surface area contributed by atoms with Crippen LogP contribution >= 0.6 is 23.2 Å². The standard InChI is InChI=1S/C8H5Cl2F2NO2/c1-15-8-5(9)4(7(11)12)3(2-13-8)6(10)14/h2,7H,1H3. The van der Waals surface area contributed by atoms with Crippen LogP contribution in [0.1, 0.15) is 22.3 Å². The fourth-order valence-corrected chi connectivity index (χ4v) is 1.46. The van der Waals surface area contributed by atoms with Crippen molar-refractivity contribution in [3.8, 4) is 5.88 Å². The quantitative estimate of drug-likeness (QED) is 0.780. The van der Waals surface area contributed by atoms with Crippen LogP contribution in [0.5, 0.6) is 5.88 Å². The molecular formula is C8H5Cl2F2NO2. The van der Waals surface area contributed by atoms with E-state index in [4.69, 9.17) is 23.2 Å². The number of hydrogen-bond donors (Lipinski definition) is 0. The van der Waals surface area contributed by atoms with Gasteiger partial charge in [0.15, 0.2) is 0 Å². The number of methoxy groups -OCH3 is 1. The van der Waals surface area contributed by atoms with Gasteiger partial charge >= 0.3 is 0 Å². The third kappa shape index (κ3) is 2.35. The zero-order valence-corrected chi connectivity index (χ0v) is 8.94. The first-order chi connectivity index (χ1) is 6.99. The van der Waals surface area contributed by atoms with Gasteiger partial charge in [0, 0.05) is 6.20 Å². The summed E-state index contributed by atoms with van der Waals surface area (Å²) in [5.41, 5.74) is -1.08. The number of ether oxygens (including phenoxy) is 1. The van der Waals surface area contributed by atoms with Gasteiger partial charge in [-0.25, -0.2) is 13.8 Å². The lowest BCUT2D eigenvalue weighted by atomic mass is 10.1. The van der Waals surface area contributed by atoms with Gasteiger partial charge in [0.05, 0.1) is 18.2 Å². The van der Waals surface area contributed by atoms with Gasteiger partial charge in [-0.2, -0.15) is 0 Å². The Morgan fingerprint density at radius 2 is 2.20 bits per heavy atom. The number of carbonyl (C=O) groups is 1. The summed E-state index contributed by atoms with van der Waals surface area (Å²) < 4.78 is 29.8. The van der Waals surface area contributed by atoms with E-state index in [1.165, 1.54) is 7.11 Å². The molecule has 0 aliphatic carbocycles. The summed E-state index contributed by atoms with van der Waals surface area (Å²) in [5.74, 6) is -0.173. The van der Waals surface area contributed by atoms with Crippen molar-refractivity contribution in [1.82, 2.24) is 4.98 Å². The summed E-state index contributed by atoms with van der Waals surface area (Å²) in [7, 11) is 1.23. The summed E-state index contributed by atoms with van der Waals surface area (Å²) in [6.45, 7) is 0. The number of nitrogens with zero attached hydrogens (tertiary/aromatic N) is 1. The van der Waals surface area contributed by atoms with Crippen LogP contribution in [-0.4, -0.2) is 17.3 Å². The van der Waals surface area contributed by atoms with Crippen molar-refractivity contribution in [3.05, 3.63) is 22.3 Å². The van der Waals surface area contributed by atoms with Crippen LogP contribution in [0.4, 0.5) is 8.78 Å². The van der Waals surface area contributed by atoms with Crippen LogP contribution in [0, 0.1) is 0 Å². The van der Waals surface area contributed by atoms with Gasteiger partial charge in [-0.1, -0.05) is 11.6 Å². The fraction of sp³-hybridized carbons (Fsp3) is 0.250. The highest BCUT2D eigenvalue weighted by atomic mass is 35.5. The zero-order valence-electron chi connectivity index (χ0n) is 7.43. The predicted molar refractivity (Wildman–Crippen MR) is 50.9 cm³/mol. The molecule has 0 N–H and O–H groups in total. The van der Waals surface area contributed by atoms with Crippen LogP contribution in [-0.2, 0) is 0 Å². The van der Waals surface area contributed by atoms with Gasteiger partial charge in [0.25, 0.3) is 11.7 Å². The number of alkyl halides is 2. The molecule has 0 aliphatic rings. The molecule has 7 heteroatoms. The van der Waals surface area contributed by atoms with Crippen LogP contribution in [0.3, 0.4) is 0 Å². The molecule has 3 nitrogen and oxygen atoms in total. The van der Waals surface area contributed by atoms with Crippen LogP contribution in [0.25, 0.3) is 0 Å². The van der Waals surface area contributed by atoms with Crippen molar-refractivity contribution in [2.45, 2.75) is 6.43 Å². The van der Waals surface area contributed by atoms with Crippen LogP contribution in [0.15, 0.2) is 6.20 Å². The molecule has 0 amide bonds. The first-order valence-electron chi connectivity index (χ1n) is 3.69. The lowest BCUT2D eigenvalue weighted by Crippen LogP contribution is -2.03. The lowest BCUT2D eigenvalue weighted by Gasteiger charge is -2.09. The second-order valence-corrected chi connectivity index (χ2v) is 3.20. The third-order valence-corrected chi connectivity index (χ3v) is 2.22. The molecule has 1 aromatic heterocycles. The van der Waals surface area contributed by atoms with Gasteiger partial charge in [-0.05, 0) is 11.6 Å². The van der Waals surface area contributed by atoms with E-state index < -0.39 is 27.8 Å². The van der Waals surface area contributed by atoms with Gasteiger partial charge in [-0.3, -0.25) is 4.79 Å². The minimum Gasteiger partial charge on any atom is -0.480 e. The average molecular weight is 256 g/mol. The molecule has 0 saturated carbocycles. The molecule has 82 valence electrons. The van der Waals surface area contributed by atoms with E-state index in [1.54, 1.807) is 0 Å². The topological polar surface area (TPSA) is 39.2 Å². The van der Waals surface area contributed by atoms with E-state index >= 15 is 0 Å². The van der Waals surface area contributed by atoms with Gasteiger partial charge in [0.2, 0.25) is 5.88 Å². The molecular weight excluding hydrogens is 251 g/mol. The lowest BCUT2D eigenvalue weighted by molar-refractivity contribution is 0.106. The largest absolute Gasteiger partial charge is 0.480 e. The summed E-state index contributed by atoms with van der Waals surface area (Å²) in [6, 6.07) is 0. The second-order valence-electron chi connectivity index (χ2n) is 2.48. The highest BCUT2D eigenvalue weighted by Crippen LogP contribution is 2.35. The van der Waals surface area contributed by atoms with E-state index in [0.717, 1.165) is 6.20 Å². The first kappa shape index (κ1) is 12.1. The normalized spacial score (nSPS) is 10.5. The van der Waals surface area contributed by atoms with Crippen molar-refractivity contribution < 1.29 is 18.3 Å². The molecule has 0 bridgehead atoms. The monoisotopic (exact) mass is 255 g/mol. The third-order valence-electron chi connectivity index (χ3n) is 1.65. The Labute approximate surface area is 94.0 Å². The van der Waals surface area contributed by atoms with Crippen molar-refractivity contribution in [2.75, 3.05) is 7.11 Å². The summed E-state index contributed by atoms with van der Waals surface area (Å²) in [5, 5.41) is -1.44. The van der Waals surface area contributed by atoms with E-state index in [9.17, 15) is 13.6 Å². The maximum absolute atomic E-state index is 12.6. The Bertz CT molecular complexity index is 398. The molecule has 1 heterocycles. The predicted octanol–water partition coefficient (Wildman–Crippen LogP) is 3.06. The van der Waals surface area contributed by atoms with E-state index in [1.807, 2.05) is 0 Å². The Hall–Kier alpha value is -0.940. The highest BCUT2D eigenvalue weighted by molar-refractivity contribution is 6.68. The molecule has 0 aliphatic heterocycles.